The SMILES string of the molecule is CC(NC(=O)C12CCC(=O)N1c1ccccc1S2)c1cc2ccccc2o1. The van der Waals surface area contributed by atoms with Gasteiger partial charge in [-0.05, 0) is 37.6 Å². The van der Waals surface area contributed by atoms with E-state index >= 15 is 0 Å². The molecular weight excluding hydrogens is 360 g/mol. The van der Waals surface area contributed by atoms with E-state index in [9.17, 15) is 9.59 Å². The van der Waals surface area contributed by atoms with E-state index in [1.165, 1.54) is 11.8 Å². The molecule has 2 aliphatic rings. The Morgan fingerprint density at radius 1 is 1.22 bits per heavy atom. The number of carbonyl (C=O) groups is 2. The zero-order valence-electron chi connectivity index (χ0n) is 14.8. The Bertz CT molecular complexity index is 1040. The molecule has 0 aliphatic carbocycles. The van der Waals surface area contributed by atoms with Crippen molar-refractivity contribution in [1.82, 2.24) is 5.32 Å². The second-order valence-electron chi connectivity index (χ2n) is 6.97. The van der Waals surface area contributed by atoms with Gasteiger partial charge in [-0.1, -0.05) is 42.1 Å². The zero-order valence-corrected chi connectivity index (χ0v) is 15.6. The summed E-state index contributed by atoms with van der Waals surface area (Å²) in [5.74, 6) is 0.554. The molecule has 136 valence electrons. The first-order chi connectivity index (χ1) is 13.1. The zero-order chi connectivity index (χ0) is 18.6. The molecule has 27 heavy (non-hydrogen) atoms. The van der Waals surface area contributed by atoms with Crippen LogP contribution in [0.15, 0.2) is 63.9 Å². The summed E-state index contributed by atoms with van der Waals surface area (Å²) in [5, 5.41) is 4.08. The predicted molar refractivity (Wildman–Crippen MR) is 105 cm³/mol. The molecule has 1 aromatic heterocycles. The standard InChI is InChI=1S/C21H18N2O3S/c1-13(17-12-14-6-2-4-8-16(14)26-17)22-20(25)21-11-10-19(24)23(21)15-7-3-5-9-18(15)27-21/h2-9,12-13H,10-11H2,1H3,(H,22,25). The van der Waals surface area contributed by atoms with Gasteiger partial charge < -0.3 is 9.73 Å². The van der Waals surface area contributed by atoms with Gasteiger partial charge in [-0.2, -0.15) is 0 Å². The molecule has 2 unspecified atom stereocenters. The molecule has 2 aromatic carbocycles. The van der Waals surface area contributed by atoms with Crippen molar-refractivity contribution in [2.24, 2.45) is 0 Å². The van der Waals surface area contributed by atoms with Crippen LogP contribution in [0, 0.1) is 0 Å². The van der Waals surface area contributed by atoms with Crippen LogP contribution in [0.25, 0.3) is 11.0 Å². The van der Waals surface area contributed by atoms with Gasteiger partial charge in [0.2, 0.25) is 5.91 Å². The van der Waals surface area contributed by atoms with Crippen molar-refractivity contribution >= 4 is 40.2 Å². The number of rotatable bonds is 3. The van der Waals surface area contributed by atoms with E-state index in [-0.39, 0.29) is 17.9 Å². The quantitative estimate of drug-likeness (QED) is 0.740. The topological polar surface area (TPSA) is 62.6 Å². The second kappa shape index (κ2) is 5.89. The molecular formula is C21H18N2O3S. The monoisotopic (exact) mass is 378 g/mol. The summed E-state index contributed by atoms with van der Waals surface area (Å²) in [5.41, 5.74) is 1.63. The molecule has 1 N–H and O–H groups in total. The molecule has 2 atom stereocenters. The highest BCUT2D eigenvalue weighted by molar-refractivity contribution is 8.02. The maximum absolute atomic E-state index is 13.3. The summed E-state index contributed by atoms with van der Waals surface area (Å²) < 4.78 is 5.88. The van der Waals surface area contributed by atoms with Crippen molar-refractivity contribution in [3.05, 3.63) is 60.4 Å². The van der Waals surface area contributed by atoms with Crippen LogP contribution >= 0.6 is 11.8 Å². The lowest BCUT2D eigenvalue weighted by atomic mass is 10.1. The van der Waals surface area contributed by atoms with Gasteiger partial charge in [-0.15, -0.1) is 0 Å². The third-order valence-corrected chi connectivity index (χ3v) is 6.72. The molecule has 3 heterocycles. The van der Waals surface area contributed by atoms with E-state index in [1.807, 2.05) is 61.5 Å². The van der Waals surface area contributed by atoms with Crippen molar-refractivity contribution in [3.63, 3.8) is 0 Å². The number of hydrogen-bond acceptors (Lipinski definition) is 4. The van der Waals surface area contributed by atoms with E-state index in [0.717, 1.165) is 21.6 Å². The second-order valence-corrected chi connectivity index (χ2v) is 8.28. The third-order valence-electron chi connectivity index (χ3n) is 5.25. The first kappa shape index (κ1) is 16.4. The minimum Gasteiger partial charge on any atom is -0.459 e. The molecule has 5 rings (SSSR count). The number of para-hydroxylation sites is 2. The van der Waals surface area contributed by atoms with Crippen molar-refractivity contribution in [2.45, 2.75) is 35.6 Å². The number of carbonyl (C=O) groups excluding carboxylic acids is 2. The summed E-state index contributed by atoms with van der Waals surface area (Å²) in [4.78, 5) is 27.6. The van der Waals surface area contributed by atoms with E-state index in [2.05, 4.69) is 5.32 Å². The molecule has 5 nitrogen and oxygen atoms in total. The molecule has 0 spiro atoms. The van der Waals surface area contributed by atoms with Gasteiger partial charge >= 0.3 is 0 Å². The number of nitrogens with one attached hydrogen (secondary N) is 1. The fraction of sp³-hybridized carbons (Fsp3) is 0.238. The van der Waals surface area contributed by atoms with Gasteiger partial charge in [0.05, 0.1) is 11.7 Å². The van der Waals surface area contributed by atoms with Crippen LogP contribution in [0.3, 0.4) is 0 Å². The largest absolute Gasteiger partial charge is 0.459 e. The number of hydrogen-bond donors (Lipinski definition) is 1. The molecule has 6 heteroatoms. The Morgan fingerprint density at radius 2 is 2.00 bits per heavy atom. The summed E-state index contributed by atoms with van der Waals surface area (Å²) in [7, 11) is 0. The lowest BCUT2D eigenvalue weighted by Gasteiger charge is -2.30. The van der Waals surface area contributed by atoms with E-state index in [1.54, 1.807) is 4.90 Å². The molecule has 0 bridgehead atoms. The Morgan fingerprint density at radius 3 is 2.85 bits per heavy atom. The average molecular weight is 378 g/mol. The van der Waals surface area contributed by atoms with Crippen LogP contribution in [-0.4, -0.2) is 16.7 Å². The van der Waals surface area contributed by atoms with Crippen LogP contribution < -0.4 is 10.2 Å². The fourth-order valence-electron chi connectivity index (χ4n) is 3.89. The number of fused-ring (bicyclic) bond motifs is 4. The molecule has 0 saturated carbocycles. The van der Waals surface area contributed by atoms with Crippen LogP contribution in [0.2, 0.25) is 0 Å². The first-order valence-corrected chi connectivity index (χ1v) is 9.81. The Hall–Kier alpha value is -2.73. The van der Waals surface area contributed by atoms with Crippen molar-refractivity contribution in [1.29, 1.82) is 0 Å². The van der Waals surface area contributed by atoms with Gasteiger partial charge in [-0.3, -0.25) is 14.5 Å². The highest BCUT2D eigenvalue weighted by Gasteiger charge is 2.57. The number of anilines is 1. The van der Waals surface area contributed by atoms with Crippen molar-refractivity contribution in [2.75, 3.05) is 4.90 Å². The minimum absolute atomic E-state index is 0.000935. The van der Waals surface area contributed by atoms with Gasteiger partial charge in [0.25, 0.3) is 5.91 Å². The minimum atomic E-state index is -0.902. The average Bonchev–Trinajstić information content (AvgIpc) is 3.33. The number of benzene rings is 2. The van der Waals surface area contributed by atoms with Gasteiger partial charge in [0, 0.05) is 16.7 Å². The third kappa shape index (κ3) is 2.40. The molecule has 0 radical (unpaired) electrons. The Kier molecular flexibility index (Phi) is 3.59. The van der Waals surface area contributed by atoms with E-state index in [4.69, 9.17) is 4.42 Å². The lowest BCUT2D eigenvalue weighted by molar-refractivity contribution is -0.125. The van der Waals surface area contributed by atoms with Crippen LogP contribution in [-0.2, 0) is 9.59 Å². The normalized spacial score (nSPS) is 22.0. The fourth-order valence-corrected chi connectivity index (χ4v) is 5.32. The maximum Gasteiger partial charge on any atom is 0.257 e. The predicted octanol–water partition coefficient (Wildman–Crippen LogP) is 4.24. The van der Waals surface area contributed by atoms with Gasteiger partial charge in [-0.25, -0.2) is 0 Å². The van der Waals surface area contributed by atoms with Crippen LogP contribution in [0.1, 0.15) is 31.6 Å². The first-order valence-electron chi connectivity index (χ1n) is 8.99. The number of furan rings is 1. The highest BCUT2D eigenvalue weighted by Crippen LogP contribution is 2.55. The smallest absolute Gasteiger partial charge is 0.257 e. The van der Waals surface area contributed by atoms with Crippen LogP contribution in [0.4, 0.5) is 5.69 Å². The summed E-state index contributed by atoms with van der Waals surface area (Å²) in [6, 6.07) is 17.1. The van der Waals surface area contributed by atoms with Gasteiger partial charge in [0.15, 0.2) is 4.87 Å². The number of nitrogens with zero attached hydrogens (tertiary/aromatic N) is 1. The molecule has 3 aromatic rings. The molecule has 1 fully saturated rings. The van der Waals surface area contributed by atoms with E-state index in [0.29, 0.717) is 18.6 Å². The van der Waals surface area contributed by atoms with Crippen molar-refractivity contribution < 1.29 is 14.0 Å². The van der Waals surface area contributed by atoms with Crippen molar-refractivity contribution in [3.8, 4) is 0 Å². The molecule has 1 saturated heterocycles. The summed E-state index contributed by atoms with van der Waals surface area (Å²) in [6.45, 7) is 1.90. The summed E-state index contributed by atoms with van der Waals surface area (Å²) in [6.07, 6.45) is 0.887. The number of thioether (sulfide) groups is 1. The highest BCUT2D eigenvalue weighted by atomic mass is 32.2. The summed E-state index contributed by atoms with van der Waals surface area (Å²) >= 11 is 1.47. The molecule has 2 amide bonds. The Labute approximate surface area is 160 Å². The lowest BCUT2D eigenvalue weighted by Crippen LogP contribution is -2.52. The van der Waals surface area contributed by atoms with Crippen LogP contribution in [0.5, 0.6) is 0 Å². The van der Waals surface area contributed by atoms with Gasteiger partial charge in [0.1, 0.15) is 11.3 Å². The maximum atomic E-state index is 13.3. The van der Waals surface area contributed by atoms with E-state index < -0.39 is 4.87 Å². The number of amides is 2. The molecule has 2 aliphatic heterocycles. The Balaban J connectivity index is 1.44.